The zero-order chi connectivity index (χ0) is 106. The molecule has 2 aliphatic carbocycles. The van der Waals surface area contributed by atoms with E-state index in [0.29, 0.717) is 114 Å². The van der Waals surface area contributed by atoms with Gasteiger partial charge in [0.25, 0.3) is 41.2 Å². The summed E-state index contributed by atoms with van der Waals surface area (Å²) in [5.41, 5.74) is 11.5. The topological polar surface area (TPSA) is 343 Å². The van der Waals surface area contributed by atoms with Gasteiger partial charge >= 0.3 is 37.9 Å². The Labute approximate surface area is 837 Å². The lowest BCUT2D eigenvalue weighted by Crippen LogP contribution is -2.42. The van der Waals surface area contributed by atoms with Gasteiger partial charge in [-0.2, -0.15) is 0 Å². The van der Waals surface area contributed by atoms with E-state index in [1.165, 1.54) is 91.0 Å². The third-order valence-corrected chi connectivity index (χ3v) is 22.4. The lowest BCUT2D eigenvalue weighted by molar-refractivity contribution is -0.275. The van der Waals surface area contributed by atoms with Gasteiger partial charge in [-0.05, 0) is 306 Å². The van der Waals surface area contributed by atoms with Crippen LogP contribution in [0, 0.1) is 38.9 Å². The van der Waals surface area contributed by atoms with Crippen LogP contribution < -0.4 is 47.4 Å². The second kappa shape index (κ2) is 43.8. The SMILES string of the molecule is C#CCOc1noc2ccc(-c3ccc(OC(F)(F)F)cc3)cc12.CC(C)(C)OC(=O)N1CCC[C@H]1COc1noc2ccc(-c3ccc(OC(F)(F)F)cc3)cc12.Cc1cc(-c2ccc(OC(F)(F)F)cc2)cc2c(OCc3nnc(C4CC4)o3)noc12.Cc1cccc(COc2noc3c(C)cc(-c4ccc(OC(F)(F)F)cc4)cc23)n1.Fc1cc(-c2ccc(OC(F)(F)F)cc2)cc2c(OCc3nnc(C4CC4)o3)noc12. The molecule has 2 saturated carbocycles. The number of amides is 1. The summed E-state index contributed by atoms with van der Waals surface area (Å²) >= 11 is 0. The Kier molecular flexibility index (Phi) is 30.4. The van der Waals surface area contributed by atoms with Crippen LogP contribution in [0.3, 0.4) is 0 Å². The highest BCUT2D eigenvalue weighted by Crippen LogP contribution is 2.45. The summed E-state index contributed by atoms with van der Waals surface area (Å²) in [5.74, 6) is 3.75. The predicted molar refractivity (Wildman–Crippen MR) is 500 cm³/mol. The molecular weight excluding hydrogens is 2010 g/mol. The first-order valence-corrected chi connectivity index (χ1v) is 45.6. The number of likely N-dealkylation sites (tertiary alicyclic amines) is 1. The van der Waals surface area contributed by atoms with E-state index >= 15 is 0 Å². The molecule has 30 nitrogen and oxygen atoms in total. The van der Waals surface area contributed by atoms with E-state index in [9.17, 15) is 75.0 Å². The van der Waals surface area contributed by atoms with Crippen LogP contribution in [0.4, 0.5) is 75.0 Å². The molecule has 0 spiro atoms. The summed E-state index contributed by atoms with van der Waals surface area (Å²) in [4.78, 5) is 18.6. The Morgan fingerprint density at radius 2 is 0.733 bits per heavy atom. The molecule has 21 rings (SSSR count). The molecule has 8 aromatic heterocycles. The van der Waals surface area contributed by atoms with Crippen molar-refractivity contribution in [3.8, 4) is 126 Å². The number of carbonyl (C=O) groups excluding carboxylic acids is 1. The summed E-state index contributed by atoms with van der Waals surface area (Å²) in [6.07, 6.45) is -13.2. The fourth-order valence-electron chi connectivity index (χ4n) is 15.4. The van der Waals surface area contributed by atoms with Crippen LogP contribution in [0.2, 0.25) is 0 Å². The van der Waals surface area contributed by atoms with E-state index in [0.717, 1.165) is 101 Å². The van der Waals surface area contributed by atoms with Crippen molar-refractivity contribution in [3.05, 3.63) is 264 Å². The molecule has 3 aliphatic rings. The lowest BCUT2D eigenvalue weighted by Gasteiger charge is -2.28. The van der Waals surface area contributed by atoms with Crippen molar-refractivity contribution in [1.82, 2.24) is 56.1 Å². The van der Waals surface area contributed by atoms with Crippen LogP contribution in [0.15, 0.2) is 244 Å². The minimum atomic E-state index is -4.79. The second-order valence-electron chi connectivity index (χ2n) is 34.9. The average Bonchev–Trinajstić information content (AvgIpc) is 1.62. The molecule has 1 saturated heterocycles. The first-order chi connectivity index (χ1) is 71.4. The van der Waals surface area contributed by atoms with Gasteiger partial charge in [0.2, 0.25) is 17.4 Å². The summed E-state index contributed by atoms with van der Waals surface area (Å²) in [7, 11) is 0. The van der Waals surface area contributed by atoms with Crippen molar-refractivity contribution in [3.63, 3.8) is 0 Å². The van der Waals surface area contributed by atoms with Gasteiger partial charge in [0.05, 0.1) is 38.7 Å². The number of alkyl halides is 15. The molecule has 46 heteroatoms. The highest BCUT2D eigenvalue weighted by Gasteiger charge is 2.39. The van der Waals surface area contributed by atoms with E-state index in [2.05, 4.69) is 80.8 Å². The molecule has 0 N–H and O–H groups in total. The van der Waals surface area contributed by atoms with Gasteiger partial charge in [-0.25, -0.2) is 9.18 Å². The number of benzene rings is 10. The number of ether oxygens (including phenoxy) is 11. The first-order valence-electron chi connectivity index (χ1n) is 45.6. The first kappa shape index (κ1) is 104. The minimum absolute atomic E-state index is 0.0268. The van der Waals surface area contributed by atoms with Crippen LogP contribution >= 0.6 is 0 Å². The number of carbonyl (C=O) groups is 1. The van der Waals surface area contributed by atoms with Crippen molar-refractivity contribution in [1.29, 1.82) is 0 Å². The fraction of sp³-hybridized carbons (Fsp3) is 0.260. The smallest absolute Gasteiger partial charge is 0.473 e. The Bertz CT molecular complexity index is 7600. The molecule has 1 aliphatic heterocycles. The zero-order valence-electron chi connectivity index (χ0n) is 79.2. The minimum Gasteiger partial charge on any atom is -0.473 e. The van der Waals surface area contributed by atoms with E-state index in [1.807, 2.05) is 77.9 Å². The highest BCUT2D eigenvalue weighted by atomic mass is 19.4. The molecule has 0 radical (unpaired) electrons. The normalized spacial score (nSPS) is 13.8. The maximum atomic E-state index is 14.5. The number of halogens is 16. The maximum absolute atomic E-state index is 14.5. The number of hydrogen-bond acceptors (Lipinski definition) is 29. The number of hydrogen-bond donors (Lipinski definition) is 0. The quantitative estimate of drug-likeness (QED) is 0.0359. The van der Waals surface area contributed by atoms with Crippen molar-refractivity contribution >= 4 is 60.9 Å². The summed E-state index contributed by atoms with van der Waals surface area (Å²) < 4.78 is 290. The van der Waals surface area contributed by atoms with Crippen LogP contribution in [-0.2, 0) is 24.6 Å². The van der Waals surface area contributed by atoms with Crippen molar-refractivity contribution in [2.75, 3.05) is 19.8 Å². The van der Waals surface area contributed by atoms with Gasteiger partial charge < -0.3 is 88.5 Å². The molecular formula is C104H81F16N11O19. The maximum Gasteiger partial charge on any atom is 0.573 e. The van der Waals surface area contributed by atoms with Gasteiger partial charge in [0, 0.05) is 24.1 Å². The van der Waals surface area contributed by atoms with Gasteiger partial charge in [0.15, 0.2) is 48.0 Å². The number of terminal acetylenes is 1. The molecule has 0 bridgehead atoms. The summed E-state index contributed by atoms with van der Waals surface area (Å²) in [5, 5.41) is 38.2. The van der Waals surface area contributed by atoms with E-state index in [1.54, 1.807) is 77.7 Å². The highest BCUT2D eigenvalue weighted by molar-refractivity contribution is 5.93. The number of aromatic nitrogens is 10. The van der Waals surface area contributed by atoms with E-state index in [-0.39, 0.29) is 114 Å². The monoisotopic (exact) mass is 2090 g/mol. The van der Waals surface area contributed by atoms with Crippen LogP contribution in [0.1, 0.15) is 117 Å². The number of pyridine rings is 1. The molecule has 3 fully saturated rings. The Morgan fingerprint density at radius 3 is 1.11 bits per heavy atom. The standard InChI is InChI=1S/C24H25F3N2O5.C22H17F3N2O3.C21H16F3N3O4.C20H13F4N3O4.C17H10F3NO3/c1-23(2,3)33-22(30)29-12-4-5-17(29)14-31-21-19-13-16(8-11-20(19)34-28-21)15-6-9-18(10-7-15)32-24(25,26)27;1-13-10-16(15-6-8-18(9-7-15)29-22(23,24)25)11-19-20(13)30-27-21(19)28-12-17-5-3-4-14(2)26-17;1-11-8-14(12-4-6-15(7-5-12)30-21(22,23)24)9-16-18(11)31-27-20(16)28-10-17-25-26-19(29-17)13-2-3-13;21-15-8-12(10-3-5-13(6-4-10)30-20(22,23)24)7-14-17(15)31-27-19(14)28-9-16-25-26-18(29-16)11-1-2-11;1-2-9-22-16-14-10-12(5-8-15(14)24-21-16)11-3-6-13(7-4-11)23-17(18,19)20/h6-11,13,17H,4-5,12,14H2,1-3H3;3-11H,12H2,1-2H3;4-9,13H,2-3,10H2,1H3;3-8,11H,1-2,9H2;1,3-8,10H,9H2/t17-;;;;/m0..../s1. The molecule has 1 atom stereocenters. The van der Waals surface area contributed by atoms with Gasteiger partial charge in [0.1, 0.15) is 47.6 Å². The molecule has 150 heavy (non-hydrogen) atoms. The number of rotatable bonds is 26. The number of fused-ring (bicyclic) bond motifs is 5. The van der Waals surface area contributed by atoms with E-state index < -0.39 is 43.2 Å². The largest absolute Gasteiger partial charge is 0.573 e. The van der Waals surface area contributed by atoms with Crippen molar-refractivity contribution in [2.45, 2.75) is 155 Å². The van der Waals surface area contributed by atoms with Crippen LogP contribution in [0.25, 0.3) is 110 Å². The van der Waals surface area contributed by atoms with Gasteiger partial charge in [-0.3, -0.25) is 4.98 Å². The van der Waals surface area contributed by atoms with Crippen molar-refractivity contribution in [2.24, 2.45) is 0 Å². The molecule has 9 heterocycles. The molecule has 18 aromatic rings. The molecule has 1 amide bonds. The lowest BCUT2D eigenvalue weighted by atomic mass is 10.0. The zero-order valence-corrected chi connectivity index (χ0v) is 79.2. The Hall–Kier alpha value is -17.3. The second-order valence-corrected chi connectivity index (χ2v) is 34.9. The van der Waals surface area contributed by atoms with E-state index in [4.69, 9.17) is 66.3 Å². The molecule has 778 valence electrons. The van der Waals surface area contributed by atoms with Crippen LogP contribution in [0.5, 0.6) is 58.1 Å². The van der Waals surface area contributed by atoms with Crippen LogP contribution in [-0.4, -0.2) is 125 Å². The molecule has 10 aromatic carbocycles. The summed E-state index contributed by atoms with van der Waals surface area (Å²) in [6, 6.07) is 53.6. The van der Waals surface area contributed by atoms with Crippen molar-refractivity contribution < 1.29 is 159 Å². The fourth-order valence-corrected chi connectivity index (χ4v) is 15.4. The average molecular weight is 2090 g/mol. The Balaban J connectivity index is 0.000000128. The van der Waals surface area contributed by atoms with Gasteiger partial charge in [-0.15, -0.1) is 92.7 Å². The third-order valence-electron chi connectivity index (χ3n) is 22.4. The number of aryl methyl sites for hydroxylation is 3. The predicted octanol–water partition coefficient (Wildman–Crippen LogP) is 27.5. The third kappa shape index (κ3) is 27.7. The van der Waals surface area contributed by atoms with Gasteiger partial charge in [-0.1, -0.05) is 84.8 Å². The Morgan fingerprint density at radius 1 is 0.387 bits per heavy atom. The number of nitrogens with zero attached hydrogens (tertiary/aromatic N) is 11. The summed E-state index contributed by atoms with van der Waals surface area (Å²) in [6.45, 7) is 12.2. The molecule has 0 unspecified atom stereocenters.